The van der Waals surface area contributed by atoms with Crippen LogP contribution in [-0.2, 0) is 5.88 Å². The van der Waals surface area contributed by atoms with E-state index in [4.69, 9.17) is 11.6 Å². The molecular weight excluding hydrogens is 282 g/mol. The van der Waals surface area contributed by atoms with Crippen molar-refractivity contribution >= 4 is 33.5 Å². The van der Waals surface area contributed by atoms with Crippen molar-refractivity contribution in [2.75, 3.05) is 0 Å². The third-order valence-electron chi connectivity index (χ3n) is 4.03. The number of benzene rings is 1. The van der Waals surface area contributed by atoms with Gasteiger partial charge in [-0.3, -0.25) is 4.98 Å². The van der Waals surface area contributed by atoms with E-state index in [2.05, 4.69) is 40.5 Å². The molecular formula is C17H20ClN3. The second-order valence-corrected chi connectivity index (χ2v) is 5.80. The highest BCUT2D eigenvalue weighted by molar-refractivity contribution is 6.17. The lowest BCUT2D eigenvalue weighted by Crippen LogP contribution is -2.08. The van der Waals surface area contributed by atoms with Crippen molar-refractivity contribution in [2.24, 2.45) is 0 Å². The normalized spacial score (nSPS) is 13.1. The van der Waals surface area contributed by atoms with E-state index in [1.807, 2.05) is 18.3 Å². The summed E-state index contributed by atoms with van der Waals surface area (Å²) in [5.74, 6) is 1.37. The van der Waals surface area contributed by atoms with E-state index in [0.717, 1.165) is 28.7 Å². The van der Waals surface area contributed by atoms with E-state index < -0.39 is 0 Å². The lowest BCUT2D eigenvalue weighted by atomic mass is 10.1. The average Bonchev–Trinajstić information content (AvgIpc) is 2.91. The fourth-order valence-corrected chi connectivity index (χ4v) is 3.16. The first kappa shape index (κ1) is 14.3. The smallest absolute Gasteiger partial charge is 0.125 e. The molecule has 0 amide bonds. The zero-order valence-corrected chi connectivity index (χ0v) is 13.3. The molecule has 0 spiro atoms. The summed E-state index contributed by atoms with van der Waals surface area (Å²) in [5, 5.41) is 1.15. The van der Waals surface area contributed by atoms with Gasteiger partial charge in [-0.25, -0.2) is 4.98 Å². The van der Waals surface area contributed by atoms with Gasteiger partial charge in [-0.15, -0.1) is 11.6 Å². The zero-order chi connectivity index (χ0) is 14.8. The first-order valence-corrected chi connectivity index (χ1v) is 8.10. The van der Waals surface area contributed by atoms with Crippen molar-refractivity contribution in [1.82, 2.24) is 14.5 Å². The Bertz CT molecular complexity index is 763. The number of halogens is 1. The van der Waals surface area contributed by atoms with Gasteiger partial charge in [0.25, 0.3) is 0 Å². The van der Waals surface area contributed by atoms with Gasteiger partial charge in [-0.2, -0.15) is 0 Å². The van der Waals surface area contributed by atoms with Crippen LogP contribution < -0.4 is 0 Å². The molecule has 1 aromatic carbocycles. The second-order valence-electron chi connectivity index (χ2n) is 5.53. The predicted molar refractivity (Wildman–Crippen MR) is 88.8 cm³/mol. The van der Waals surface area contributed by atoms with Gasteiger partial charge in [0.05, 0.1) is 23.1 Å². The summed E-state index contributed by atoms with van der Waals surface area (Å²) < 4.78 is 2.31. The Kier molecular flexibility index (Phi) is 4.11. The van der Waals surface area contributed by atoms with E-state index in [-0.39, 0.29) is 0 Å². The maximum absolute atomic E-state index is 6.13. The van der Waals surface area contributed by atoms with Crippen molar-refractivity contribution < 1.29 is 0 Å². The average molecular weight is 302 g/mol. The van der Waals surface area contributed by atoms with E-state index >= 15 is 0 Å². The molecule has 4 heteroatoms. The van der Waals surface area contributed by atoms with Crippen LogP contribution in [0.15, 0.2) is 30.5 Å². The lowest BCUT2D eigenvalue weighted by molar-refractivity contribution is 0.486. The van der Waals surface area contributed by atoms with Crippen LogP contribution in [0.1, 0.15) is 45.0 Å². The fraction of sp³-hybridized carbons (Fsp3) is 0.412. The molecule has 0 bridgehead atoms. The topological polar surface area (TPSA) is 30.7 Å². The molecule has 0 saturated heterocycles. The number of unbranched alkanes of at least 4 members (excludes halogenated alkanes) is 1. The van der Waals surface area contributed by atoms with Gasteiger partial charge in [-0.05, 0) is 19.4 Å². The van der Waals surface area contributed by atoms with Gasteiger partial charge in [0.2, 0.25) is 0 Å². The minimum absolute atomic E-state index is 0.398. The molecule has 110 valence electrons. The highest BCUT2D eigenvalue weighted by Gasteiger charge is 2.17. The molecule has 0 aliphatic heterocycles. The van der Waals surface area contributed by atoms with Crippen LogP contribution in [0, 0.1) is 0 Å². The summed E-state index contributed by atoms with van der Waals surface area (Å²) in [6.45, 7) is 4.47. The Labute approximate surface area is 130 Å². The summed E-state index contributed by atoms with van der Waals surface area (Å²) in [6.07, 6.45) is 5.42. The lowest BCUT2D eigenvalue weighted by Gasteiger charge is -2.17. The van der Waals surface area contributed by atoms with Crippen LogP contribution >= 0.6 is 11.6 Å². The molecule has 0 radical (unpaired) electrons. The van der Waals surface area contributed by atoms with Crippen molar-refractivity contribution in [3.05, 3.63) is 36.3 Å². The van der Waals surface area contributed by atoms with Crippen LogP contribution in [0.2, 0.25) is 0 Å². The molecule has 0 aliphatic rings. The molecule has 1 unspecified atom stereocenters. The largest absolute Gasteiger partial charge is 0.324 e. The highest BCUT2D eigenvalue weighted by atomic mass is 35.5. The summed E-state index contributed by atoms with van der Waals surface area (Å²) in [6, 6.07) is 8.63. The molecule has 0 N–H and O–H groups in total. The number of hydrogen-bond acceptors (Lipinski definition) is 2. The van der Waals surface area contributed by atoms with Gasteiger partial charge in [0, 0.05) is 11.4 Å². The molecule has 21 heavy (non-hydrogen) atoms. The first-order chi connectivity index (χ1) is 10.3. The Hall–Kier alpha value is -1.61. The van der Waals surface area contributed by atoms with Crippen molar-refractivity contribution in [3.8, 4) is 0 Å². The maximum atomic E-state index is 6.13. The Morgan fingerprint density at radius 2 is 2.05 bits per heavy atom. The van der Waals surface area contributed by atoms with Gasteiger partial charge in [0.1, 0.15) is 11.3 Å². The molecule has 2 heterocycles. The zero-order valence-electron chi connectivity index (χ0n) is 12.5. The number of pyridine rings is 1. The van der Waals surface area contributed by atoms with Crippen molar-refractivity contribution in [1.29, 1.82) is 0 Å². The van der Waals surface area contributed by atoms with Crippen molar-refractivity contribution in [3.63, 3.8) is 0 Å². The van der Waals surface area contributed by atoms with E-state index in [1.165, 1.54) is 18.4 Å². The molecule has 0 fully saturated rings. The molecule has 2 aromatic heterocycles. The molecule has 3 aromatic rings. The van der Waals surface area contributed by atoms with E-state index in [1.54, 1.807) is 0 Å². The summed E-state index contributed by atoms with van der Waals surface area (Å²) >= 11 is 6.13. The quantitative estimate of drug-likeness (QED) is 0.616. The number of rotatable bonds is 5. The molecule has 3 rings (SSSR count). The monoisotopic (exact) mass is 301 g/mol. The van der Waals surface area contributed by atoms with Gasteiger partial charge < -0.3 is 4.57 Å². The first-order valence-electron chi connectivity index (χ1n) is 7.56. The van der Waals surface area contributed by atoms with E-state index in [9.17, 15) is 0 Å². The second kappa shape index (κ2) is 6.02. The summed E-state index contributed by atoms with van der Waals surface area (Å²) in [7, 11) is 0. The van der Waals surface area contributed by atoms with Crippen LogP contribution in [0.25, 0.3) is 21.9 Å². The fourth-order valence-electron chi connectivity index (χ4n) is 2.97. The van der Waals surface area contributed by atoms with Gasteiger partial charge in [-0.1, -0.05) is 38.0 Å². The predicted octanol–water partition coefficient (Wildman–Crippen LogP) is 5.07. The number of nitrogens with zero attached hydrogens (tertiary/aromatic N) is 3. The molecule has 0 aliphatic carbocycles. The minimum Gasteiger partial charge on any atom is -0.324 e. The Morgan fingerprint density at radius 1 is 1.24 bits per heavy atom. The number of imidazole rings is 1. The van der Waals surface area contributed by atoms with Gasteiger partial charge in [0.15, 0.2) is 0 Å². The number of hydrogen-bond donors (Lipinski definition) is 0. The number of alkyl halides is 1. The third kappa shape index (κ3) is 2.51. The number of para-hydroxylation sites is 1. The molecule has 3 nitrogen and oxygen atoms in total. The number of aromatic nitrogens is 3. The Balaban J connectivity index is 2.26. The highest BCUT2D eigenvalue weighted by Crippen LogP contribution is 2.30. The van der Waals surface area contributed by atoms with Crippen LogP contribution in [0.5, 0.6) is 0 Å². The number of fused-ring (bicyclic) bond motifs is 3. The maximum Gasteiger partial charge on any atom is 0.125 e. The van der Waals surface area contributed by atoms with Crippen LogP contribution in [0.3, 0.4) is 0 Å². The van der Waals surface area contributed by atoms with Crippen LogP contribution in [-0.4, -0.2) is 14.5 Å². The molecule has 1 atom stereocenters. The van der Waals surface area contributed by atoms with Crippen LogP contribution in [0.4, 0.5) is 0 Å². The Morgan fingerprint density at radius 3 is 2.81 bits per heavy atom. The minimum atomic E-state index is 0.398. The van der Waals surface area contributed by atoms with E-state index in [0.29, 0.717) is 11.9 Å². The summed E-state index contributed by atoms with van der Waals surface area (Å²) in [4.78, 5) is 9.18. The van der Waals surface area contributed by atoms with Gasteiger partial charge >= 0.3 is 0 Å². The molecule has 0 saturated carbocycles. The van der Waals surface area contributed by atoms with Crippen molar-refractivity contribution in [2.45, 2.75) is 45.0 Å². The SMILES string of the molecule is CCCCC(C)n1c(CCl)nc2cnc3ccccc3c21. The summed E-state index contributed by atoms with van der Waals surface area (Å²) in [5.41, 5.74) is 3.11. The standard InChI is InChI=1S/C17H20ClN3/c1-3-4-7-12(2)21-16(10-18)20-15-11-19-14-9-6-5-8-13(14)17(15)21/h5-6,8-9,11-12H,3-4,7,10H2,1-2H3. The third-order valence-corrected chi connectivity index (χ3v) is 4.27.